The molecule has 0 aliphatic carbocycles. The van der Waals surface area contributed by atoms with Gasteiger partial charge in [-0.2, -0.15) is 0 Å². The zero-order valence-electron chi connectivity index (χ0n) is 13.4. The predicted molar refractivity (Wildman–Crippen MR) is 82.5 cm³/mol. The average Bonchev–Trinajstić information content (AvgIpc) is 2.74. The van der Waals surface area contributed by atoms with Crippen LogP contribution >= 0.6 is 0 Å². The van der Waals surface area contributed by atoms with Gasteiger partial charge < -0.3 is 10.2 Å². The van der Waals surface area contributed by atoms with Crippen molar-refractivity contribution in [3.63, 3.8) is 0 Å². The van der Waals surface area contributed by atoms with Crippen molar-refractivity contribution in [2.75, 3.05) is 39.8 Å². The van der Waals surface area contributed by atoms with Crippen LogP contribution in [0.2, 0.25) is 0 Å². The van der Waals surface area contributed by atoms with E-state index in [1.165, 1.54) is 52.0 Å². The molecule has 2 aliphatic heterocycles. The minimum Gasteiger partial charge on any atom is -0.311 e. The molecule has 19 heavy (non-hydrogen) atoms. The Morgan fingerprint density at radius 1 is 1.26 bits per heavy atom. The Balaban J connectivity index is 1.86. The zero-order chi connectivity index (χ0) is 13.8. The van der Waals surface area contributed by atoms with Crippen molar-refractivity contribution in [3.8, 4) is 0 Å². The largest absolute Gasteiger partial charge is 0.311 e. The van der Waals surface area contributed by atoms with Crippen LogP contribution in [0.5, 0.6) is 0 Å². The number of piperazine rings is 1. The fourth-order valence-corrected chi connectivity index (χ4v) is 3.79. The Labute approximate surface area is 119 Å². The normalized spacial score (nSPS) is 34.3. The molecule has 3 heteroatoms. The van der Waals surface area contributed by atoms with Gasteiger partial charge in [0, 0.05) is 38.3 Å². The van der Waals surface area contributed by atoms with Crippen LogP contribution in [0.25, 0.3) is 0 Å². The van der Waals surface area contributed by atoms with Crippen molar-refractivity contribution in [2.24, 2.45) is 11.8 Å². The second-order valence-electron chi connectivity index (χ2n) is 7.17. The number of nitrogens with zero attached hydrogens (tertiary/aromatic N) is 2. The standard InChI is InChI=1S/C16H33N3/c1-5-16-9-17-15(8-13(2)3)12-19(16)11-14-6-7-18(4)10-14/h13-17H,5-12H2,1-4H3. The topological polar surface area (TPSA) is 18.5 Å². The second kappa shape index (κ2) is 7.05. The van der Waals surface area contributed by atoms with Crippen LogP contribution in [0.15, 0.2) is 0 Å². The lowest BCUT2D eigenvalue weighted by Gasteiger charge is -2.42. The third-order valence-corrected chi connectivity index (χ3v) is 4.82. The van der Waals surface area contributed by atoms with Crippen LogP contribution in [-0.2, 0) is 0 Å². The third kappa shape index (κ3) is 4.44. The summed E-state index contributed by atoms with van der Waals surface area (Å²) >= 11 is 0. The molecular formula is C16H33N3. The van der Waals surface area contributed by atoms with E-state index in [0.29, 0.717) is 6.04 Å². The molecule has 2 rings (SSSR count). The zero-order valence-corrected chi connectivity index (χ0v) is 13.4. The van der Waals surface area contributed by atoms with Gasteiger partial charge in [0.1, 0.15) is 0 Å². The second-order valence-corrected chi connectivity index (χ2v) is 7.17. The molecule has 0 saturated carbocycles. The highest BCUT2D eigenvalue weighted by Gasteiger charge is 2.30. The molecule has 3 unspecified atom stereocenters. The molecule has 0 spiro atoms. The van der Waals surface area contributed by atoms with Gasteiger partial charge in [-0.05, 0) is 44.7 Å². The molecule has 2 heterocycles. The van der Waals surface area contributed by atoms with Crippen molar-refractivity contribution in [2.45, 2.75) is 52.1 Å². The third-order valence-electron chi connectivity index (χ3n) is 4.82. The van der Waals surface area contributed by atoms with E-state index in [-0.39, 0.29) is 0 Å². The smallest absolute Gasteiger partial charge is 0.0218 e. The molecule has 3 nitrogen and oxygen atoms in total. The maximum Gasteiger partial charge on any atom is 0.0218 e. The summed E-state index contributed by atoms with van der Waals surface area (Å²) in [5, 5.41) is 3.76. The summed E-state index contributed by atoms with van der Waals surface area (Å²) < 4.78 is 0. The summed E-state index contributed by atoms with van der Waals surface area (Å²) in [5.41, 5.74) is 0. The summed E-state index contributed by atoms with van der Waals surface area (Å²) in [6, 6.07) is 1.47. The number of hydrogen-bond donors (Lipinski definition) is 1. The molecule has 0 aromatic carbocycles. The highest BCUT2D eigenvalue weighted by Crippen LogP contribution is 2.21. The molecule has 2 aliphatic rings. The first kappa shape index (κ1) is 15.3. The Morgan fingerprint density at radius 3 is 2.63 bits per heavy atom. The minimum absolute atomic E-state index is 0.710. The lowest BCUT2D eigenvalue weighted by atomic mass is 9.97. The quantitative estimate of drug-likeness (QED) is 0.822. The van der Waals surface area contributed by atoms with Gasteiger partial charge >= 0.3 is 0 Å². The van der Waals surface area contributed by atoms with Crippen LogP contribution in [0.1, 0.15) is 40.0 Å². The summed E-state index contributed by atoms with van der Waals surface area (Å²) in [5.74, 6) is 1.70. The maximum absolute atomic E-state index is 3.76. The first-order chi connectivity index (χ1) is 9.08. The van der Waals surface area contributed by atoms with E-state index in [4.69, 9.17) is 0 Å². The Bertz CT molecular complexity index is 267. The lowest BCUT2D eigenvalue weighted by Crippen LogP contribution is -2.57. The van der Waals surface area contributed by atoms with Gasteiger partial charge in [0.05, 0.1) is 0 Å². The van der Waals surface area contributed by atoms with Crippen LogP contribution < -0.4 is 5.32 Å². The van der Waals surface area contributed by atoms with E-state index in [0.717, 1.165) is 17.9 Å². The molecule has 2 saturated heterocycles. The number of likely N-dealkylation sites (tertiary alicyclic amines) is 1. The minimum atomic E-state index is 0.710. The molecule has 3 atom stereocenters. The SMILES string of the molecule is CCC1CNC(CC(C)C)CN1CC1CCN(C)C1. The first-order valence-corrected chi connectivity index (χ1v) is 8.24. The number of nitrogens with one attached hydrogen (secondary N) is 1. The van der Waals surface area contributed by atoms with Crippen molar-refractivity contribution in [1.29, 1.82) is 0 Å². The Hall–Kier alpha value is -0.120. The summed E-state index contributed by atoms with van der Waals surface area (Å²) in [6.07, 6.45) is 3.99. The van der Waals surface area contributed by atoms with Crippen LogP contribution in [0, 0.1) is 11.8 Å². The summed E-state index contributed by atoms with van der Waals surface area (Å²) in [6.45, 7) is 13.4. The maximum atomic E-state index is 3.76. The van der Waals surface area contributed by atoms with Gasteiger partial charge in [-0.15, -0.1) is 0 Å². The van der Waals surface area contributed by atoms with E-state index >= 15 is 0 Å². The van der Waals surface area contributed by atoms with E-state index in [2.05, 4.69) is 42.9 Å². The Kier molecular flexibility index (Phi) is 5.67. The molecule has 0 aromatic rings. The van der Waals surface area contributed by atoms with E-state index in [9.17, 15) is 0 Å². The van der Waals surface area contributed by atoms with Crippen LogP contribution in [0.4, 0.5) is 0 Å². The number of rotatable bonds is 5. The van der Waals surface area contributed by atoms with Crippen LogP contribution in [0.3, 0.4) is 0 Å². The van der Waals surface area contributed by atoms with Crippen molar-refractivity contribution in [1.82, 2.24) is 15.1 Å². The molecule has 0 aromatic heterocycles. The molecule has 112 valence electrons. The first-order valence-electron chi connectivity index (χ1n) is 8.24. The van der Waals surface area contributed by atoms with E-state index < -0.39 is 0 Å². The summed E-state index contributed by atoms with van der Waals surface area (Å²) in [4.78, 5) is 5.27. The molecule has 1 N–H and O–H groups in total. The predicted octanol–water partition coefficient (Wildman–Crippen LogP) is 2.04. The fourth-order valence-electron chi connectivity index (χ4n) is 3.79. The average molecular weight is 267 g/mol. The van der Waals surface area contributed by atoms with Crippen LogP contribution in [-0.4, -0.2) is 61.7 Å². The summed E-state index contributed by atoms with van der Waals surface area (Å²) in [7, 11) is 2.26. The number of hydrogen-bond acceptors (Lipinski definition) is 3. The highest BCUT2D eigenvalue weighted by atomic mass is 15.2. The fraction of sp³-hybridized carbons (Fsp3) is 1.00. The van der Waals surface area contributed by atoms with Gasteiger partial charge in [-0.3, -0.25) is 4.90 Å². The lowest BCUT2D eigenvalue weighted by molar-refractivity contribution is 0.101. The van der Waals surface area contributed by atoms with Gasteiger partial charge in [0.15, 0.2) is 0 Å². The van der Waals surface area contributed by atoms with Gasteiger partial charge in [0.2, 0.25) is 0 Å². The monoisotopic (exact) mass is 267 g/mol. The van der Waals surface area contributed by atoms with Gasteiger partial charge in [0.25, 0.3) is 0 Å². The molecule has 0 bridgehead atoms. The van der Waals surface area contributed by atoms with Gasteiger partial charge in [-0.25, -0.2) is 0 Å². The molecular weight excluding hydrogens is 234 g/mol. The van der Waals surface area contributed by atoms with Crippen molar-refractivity contribution in [3.05, 3.63) is 0 Å². The molecule has 0 amide bonds. The van der Waals surface area contributed by atoms with Gasteiger partial charge in [-0.1, -0.05) is 20.8 Å². The van der Waals surface area contributed by atoms with E-state index in [1.54, 1.807) is 0 Å². The Morgan fingerprint density at radius 2 is 2.05 bits per heavy atom. The van der Waals surface area contributed by atoms with Crippen molar-refractivity contribution >= 4 is 0 Å². The molecule has 0 radical (unpaired) electrons. The molecule has 2 fully saturated rings. The van der Waals surface area contributed by atoms with E-state index in [1.807, 2.05) is 0 Å². The highest BCUT2D eigenvalue weighted by molar-refractivity contribution is 4.88. The van der Waals surface area contributed by atoms with Crippen molar-refractivity contribution < 1.29 is 0 Å².